The predicted octanol–water partition coefficient (Wildman–Crippen LogP) is 3.33. The zero-order chi connectivity index (χ0) is 9.40. The number of hydrogen-bond donors (Lipinski definition) is 1. The predicted molar refractivity (Wildman–Crippen MR) is 56.2 cm³/mol. The van der Waals surface area contributed by atoms with E-state index < -0.39 is 0 Å². The van der Waals surface area contributed by atoms with Crippen molar-refractivity contribution >= 4 is 0 Å². The average molecular weight is 171 g/mol. The molecule has 1 aliphatic carbocycles. The van der Waals surface area contributed by atoms with Gasteiger partial charge in [-0.05, 0) is 31.6 Å². The second-order valence-corrected chi connectivity index (χ2v) is 3.57. The van der Waals surface area contributed by atoms with Crippen molar-refractivity contribution in [3.05, 3.63) is 0 Å². The van der Waals surface area contributed by atoms with E-state index in [4.69, 9.17) is 5.73 Å². The largest absolute Gasteiger partial charge is 0.328 e. The van der Waals surface area contributed by atoms with Crippen LogP contribution in [0.1, 0.15) is 59.3 Å². The van der Waals surface area contributed by atoms with E-state index in [9.17, 15) is 0 Å². The first-order valence-electron chi connectivity index (χ1n) is 5.58. The van der Waals surface area contributed by atoms with Gasteiger partial charge in [-0.25, -0.2) is 0 Å². The van der Waals surface area contributed by atoms with Crippen LogP contribution in [0.25, 0.3) is 0 Å². The summed E-state index contributed by atoms with van der Waals surface area (Å²) in [6.07, 6.45) is 8.08. The molecule has 0 aliphatic heterocycles. The lowest BCUT2D eigenvalue weighted by molar-refractivity contribution is 0.309. The number of nitrogens with two attached hydrogens (primary N) is 1. The van der Waals surface area contributed by atoms with Gasteiger partial charge in [0.2, 0.25) is 0 Å². The Morgan fingerprint density at radius 1 is 1.08 bits per heavy atom. The van der Waals surface area contributed by atoms with Gasteiger partial charge >= 0.3 is 0 Å². The molecule has 74 valence electrons. The van der Waals surface area contributed by atoms with Gasteiger partial charge in [-0.3, -0.25) is 0 Å². The summed E-state index contributed by atoms with van der Waals surface area (Å²) in [6, 6.07) is 0.521. The molecule has 0 aromatic carbocycles. The molecule has 1 fully saturated rings. The Bertz CT molecular complexity index is 83.0. The van der Waals surface area contributed by atoms with Crippen molar-refractivity contribution in [3.63, 3.8) is 0 Å². The van der Waals surface area contributed by atoms with E-state index in [1.807, 2.05) is 13.8 Å². The minimum absolute atomic E-state index is 0.521. The summed E-state index contributed by atoms with van der Waals surface area (Å²) in [5, 5.41) is 0. The van der Waals surface area contributed by atoms with Crippen molar-refractivity contribution in [2.24, 2.45) is 11.7 Å². The molecule has 1 saturated carbocycles. The van der Waals surface area contributed by atoms with Crippen molar-refractivity contribution in [2.75, 3.05) is 0 Å². The normalized spacial score (nSPS) is 29.0. The maximum Gasteiger partial charge on any atom is 0.00390 e. The van der Waals surface area contributed by atoms with Crippen LogP contribution in [-0.2, 0) is 0 Å². The van der Waals surface area contributed by atoms with Gasteiger partial charge < -0.3 is 5.73 Å². The third-order valence-electron chi connectivity index (χ3n) is 2.59. The van der Waals surface area contributed by atoms with Crippen LogP contribution in [0.2, 0.25) is 0 Å². The fourth-order valence-electron chi connectivity index (χ4n) is 1.89. The van der Waals surface area contributed by atoms with Crippen molar-refractivity contribution in [1.82, 2.24) is 0 Å². The summed E-state index contributed by atoms with van der Waals surface area (Å²) in [6.45, 7) is 6.27. The molecule has 1 aliphatic rings. The highest BCUT2D eigenvalue weighted by Gasteiger charge is 2.16. The van der Waals surface area contributed by atoms with E-state index in [-0.39, 0.29) is 0 Å². The topological polar surface area (TPSA) is 26.0 Å². The summed E-state index contributed by atoms with van der Waals surface area (Å²) in [5.74, 6) is 1.00. The van der Waals surface area contributed by atoms with Crippen LogP contribution < -0.4 is 5.73 Å². The number of rotatable bonds is 2. The highest BCUT2D eigenvalue weighted by atomic mass is 14.6. The fraction of sp³-hybridized carbons (Fsp3) is 1.00. The second-order valence-electron chi connectivity index (χ2n) is 3.57. The van der Waals surface area contributed by atoms with Gasteiger partial charge in [-0.2, -0.15) is 0 Å². The van der Waals surface area contributed by atoms with E-state index in [1.165, 1.54) is 38.5 Å². The highest BCUT2D eigenvalue weighted by molar-refractivity contribution is 4.73. The first-order chi connectivity index (χ1) is 5.83. The molecule has 12 heavy (non-hydrogen) atoms. The van der Waals surface area contributed by atoms with Crippen LogP contribution in [-0.4, -0.2) is 6.04 Å². The molecule has 0 amide bonds. The Labute approximate surface area is 77.7 Å². The monoisotopic (exact) mass is 171 g/mol. The molecule has 0 bridgehead atoms. The third kappa shape index (κ3) is 4.76. The van der Waals surface area contributed by atoms with E-state index in [0.29, 0.717) is 6.04 Å². The molecular formula is C11H25N. The van der Waals surface area contributed by atoms with Crippen LogP contribution in [0.3, 0.4) is 0 Å². The lowest BCUT2D eigenvalue weighted by atomic mass is 9.84. The van der Waals surface area contributed by atoms with Gasteiger partial charge in [0.15, 0.2) is 0 Å². The average Bonchev–Trinajstić information content (AvgIpc) is 2.13. The second kappa shape index (κ2) is 7.60. The van der Waals surface area contributed by atoms with Crippen LogP contribution in [0.4, 0.5) is 0 Å². The zero-order valence-corrected chi connectivity index (χ0v) is 8.97. The van der Waals surface area contributed by atoms with E-state index in [0.717, 1.165) is 5.92 Å². The Balaban J connectivity index is 0.000000561. The molecule has 1 rings (SSSR count). The Kier molecular flexibility index (Phi) is 7.58. The SMILES string of the molecule is CC.CCCC1CCC(N)CC1. The van der Waals surface area contributed by atoms with Crippen molar-refractivity contribution in [1.29, 1.82) is 0 Å². The summed E-state index contributed by atoms with van der Waals surface area (Å²) >= 11 is 0. The van der Waals surface area contributed by atoms with Crippen molar-refractivity contribution < 1.29 is 0 Å². The summed E-state index contributed by atoms with van der Waals surface area (Å²) < 4.78 is 0. The molecule has 1 nitrogen and oxygen atoms in total. The van der Waals surface area contributed by atoms with Crippen LogP contribution in [0.15, 0.2) is 0 Å². The molecule has 0 spiro atoms. The van der Waals surface area contributed by atoms with Crippen LogP contribution in [0, 0.1) is 5.92 Å². The quantitative estimate of drug-likeness (QED) is 0.677. The molecule has 2 N–H and O–H groups in total. The molecule has 0 aromatic rings. The van der Waals surface area contributed by atoms with E-state index in [2.05, 4.69) is 6.92 Å². The molecule has 0 saturated heterocycles. The van der Waals surface area contributed by atoms with Crippen LogP contribution >= 0.6 is 0 Å². The summed E-state index contributed by atoms with van der Waals surface area (Å²) in [7, 11) is 0. The zero-order valence-electron chi connectivity index (χ0n) is 8.97. The Hall–Kier alpha value is -0.0400. The molecule has 0 aromatic heterocycles. The minimum Gasteiger partial charge on any atom is -0.328 e. The summed E-state index contributed by atoms with van der Waals surface area (Å²) in [5.41, 5.74) is 5.79. The smallest absolute Gasteiger partial charge is 0.00390 e. The maximum absolute atomic E-state index is 5.79. The third-order valence-corrected chi connectivity index (χ3v) is 2.59. The fourth-order valence-corrected chi connectivity index (χ4v) is 1.89. The molecule has 0 unspecified atom stereocenters. The molecule has 0 atom stereocenters. The molecule has 1 heteroatoms. The first kappa shape index (κ1) is 12.0. The van der Waals surface area contributed by atoms with Gasteiger partial charge in [-0.1, -0.05) is 33.6 Å². The van der Waals surface area contributed by atoms with Gasteiger partial charge in [-0.15, -0.1) is 0 Å². The van der Waals surface area contributed by atoms with E-state index >= 15 is 0 Å². The molecule has 0 radical (unpaired) electrons. The van der Waals surface area contributed by atoms with Gasteiger partial charge in [0.1, 0.15) is 0 Å². The first-order valence-corrected chi connectivity index (χ1v) is 5.58. The van der Waals surface area contributed by atoms with Crippen LogP contribution in [0.5, 0.6) is 0 Å². The maximum atomic E-state index is 5.79. The van der Waals surface area contributed by atoms with Gasteiger partial charge in [0, 0.05) is 6.04 Å². The van der Waals surface area contributed by atoms with Crippen molar-refractivity contribution in [2.45, 2.75) is 65.3 Å². The molecule has 0 heterocycles. The van der Waals surface area contributed by atoms with Gasteiger partial charge in [0.25, 0.3) is 0 Å². The molecular weight excluding hydrogens is 146 g/mol. The lowest BCUT2D eigenvalue weighted by Gasteiger charge is -2.25. The lowest BCUT2D eigenvalue weighted by Crippen LogP contribution is -2.26. The Morgan fingerprint density at radius 2 is 1.58 bits per heavy atom. The Morgan fingerprint density at radius 3 is 2.00 bits per heavy atom. The van der Waals surface area contributed by atoms with Crippen molar-refractivity contribution in [3.8, 4) is 0 Å². The standard InChI is InChI=1S/C9H19N.C2H6/c1-2-3-8-4-6-9(10)7-5-8;1-2/h8-9H,2-7,10H2,1H3;1-2H3. The van der Waals surface area contributed by atoms with E-state index in [1.54, 1.807) is 0 Å². The minimum atomic E-state index is 0.521. The summed E-state index contributed by atoms with van der Waals surface area (Å²) in [4.78, 5) is 0. The highest BCUT2D eigenvalue weighted by Crippen LogP contribution is 2.26. The number of hydrogen-bond acceptors (Lipinski definition) is 1. The van der Waals surface area contributed by atoms with Gasteiger partial charge in [0.05, 0.1) is 0 Å².